The van der Waals surface area contributed by atoms with Crippen LogP contribution in [-0.2, 0) is 19.3 Å². The van der Waals surface area contributed by atoms with Crippen LogP contribution in [0.25, 0.3) is 0 Å². The third kappa shape index (κ3) is 1.19. The zero-order chi connectivity index (χ0) is 9.54. The summed E-state index contributed by atoms with van der Waals surface area (Å²) in [6, 6.07) is 4.61. The van der Waals surface area contributed by atoms with E-state index in [1.165, 1.54) is 47.9 Å². The van der Waals surface area contributed by atoms with Crippen LogP contribution in [0, 0.1) is 0 Å². The molecule has 2 aliphatic carbocycles. The zero-order valence-electron chi connectivity index (χ0n) is 8.42. The molecule has 3 rings (SSSR count). The Hall–Kier alpha value is -0.820. The predicted octanol–water partition coefficient (Wildman–Crippen LogP) is 2.55. The third-order valence-electron chi connectivity index (χ3n) is 3.64. The van der Waals surface area contributed by atoms with Gasteiger partial charge in [-0.1, -0.05) is 12.1 Å². The summed E-state index contributed by atoms with van der Waals surface area (Å²) in [6.07, 6.45) is 6.84. The Morgan fingerprint density at radius 2 is 1.64 bits per heavy atom. The SMILES string of the molecule is O[C@H]1CCCc2cc3c(cc21)CCC3. The van der Waals surface area contributed by atoms with Crippen molar-refractivity contribution >= 4 is 0 Å². The summed E-state index contributed by atoms with van der Waals surface area (Å²) in [5, 5.41) is 9.89. The quantitative estimate of drug-likeness (QED) is 0.663. The molecule has 1 aromatic rings. The van der Waals surface area contributed by atoms with Crippen LogP contribution in [0.4, 0.5) is 0 Å². The molecular formula is C13H16O. The molecular weight excluding hydrogens is 172 g/mol. The molecule has 0 aromatic heterocycles. The summed E-state index contributed by atoms with van der Waals surface area (Å²) < 4.78 is 0. The summed E-state index contributed by atoms with van der Waals surface area (Å²) in [7, 11) is 0. The number of fused-ring (bicyclic) bond motifs is 2. The third-order valence-corrected chi connectivity index (χ3v) is 3.64. The van der Waals surface area contributed by atoms with Crippen LogP contribution < -0.4 is 0 Å². The molecule has 1 N–H and O–H groups in total. The van der Waals surface area contributed by atoms with Crippen molar-refractivity contribution in [2.24, 2.45) is 0 Å². The lowest BCUT2D eigenvalue weighted by Gasteiger charge is -2.22. The zero-order valence-corrected chi connectivity index (χ0v) is 8.42. The van der Waals surface area contributed by atoms with Crippen LogP contribution in [0.2, 0.25) is 0 Å². The number of hydrogen-bond acceptors (Lipinski definition) is 1. The largest absolute Gasteiger partial charge is 0.388 e. The fourth-order valence-electron chi connectivity index (χ4n) is 2.86. The molecule has 0 radical (unpaired) electrons. The van der Waals surface area contributed by atoms with E-state index in [0.29, 0.717) is 0 Å². The highest BCUT2D eigenvalue weighted by Crippen LogP contribution is 2.34. The lowest BCUT2D eigenvalue weighted by atomic mass is 9.87. The van der Waals surface area contributed by atoms with Gasteiger partial charge in [-0.25, -0.2) is 0 Å². The second-order valence-electron chi connectivity index (χ2n) is 4.58. The van der Waals surface area contributed by atoms with Crippen molar-refractivity contribution in [3.05, 3.63) is 34.4 Å². The van der Waals surface area contributed by atoms with Crippen LogP contribution in [0.15, 0.2) is 12.1 Å². The van der Waals surface area contributed by atoms with E-state index in [-0.39, 0.29) is 6.10 Å². The van der Waals surface area contributed by atoms with Crippen molar-refractivity contribution in [2.45, 2.75) is 44.6 Å². The molecule has 0 bridgehead atoms. The van der Waals surface area contributed by atoms with E-state index in [0.717, 1.165) is 12.8 Å². The number of aryl methyl sites for hydroxylation is 3. The Kier molecular flexibility index (Phi) is 1.88. The second kappa shape index (κ2) is 3.09. The van der Waals surface area contributed by atoms with E-state index in [9.17, 15) is 5.11 Å². The maximum Gasteiger partial charge on any atom is 0.0792 e. The molecule has 0 amide bonds. The molecule has 0 saturated carbocycles. The topological polar surface area (TPSA) is 20.2 Å². The molecule has 1 aromatic carbocycles. The Labute approximate surface area is 84.8 Å². The van der Waals surface area contributed by atoms with Gasteiger partial charge in [-0.3, -0.25) is 0 Å². The van der Waals surface area contributed by atoms with Gasteiger partial charge in [0.2, 0.25) is 0 Å². The first kappa shape index (κ1) is 8.49. The first-order chi connectivity index (χ1) is 6.84. The lowest BCUT2D eigenvalue weighted by molar-refractivity contribution is 0.156. The van der Waals surface area contributed by atoms with Crippen LogP contribution in [0.5, 0.6) is 0 Å². The minimum Gasteiger partial charge on any atom is -0.388 e. The van der Waals surface area contributed by atoms with Crippen molar-refractivity contribution < 1.29 is 5.11 Å². The molecule has 1 heteroatoms. The summed E-state index contributed by atoms with van der Waals surface area (Å²) in [6.45, 7) is 0. The van der Waals surface area contributed by atoms with Gasteiger partial charge in [-0.2, -0.15) is 0 Å². The average molecular weight is 188 g/mol. The first-order valence-electron chi connectivity index (χ1n) is 5.67. The minimum absolute atomic E-state index is 0.190. The van der Waals surface area contributed by atoms with Crippen molar-refractivity contribution in [3.8, 4) is 0 Å². The molecule has 74 valence electrons. The monoisotopic (exact) mass is 188 g/mol. The van der Waals surface area contributed by atoms with Crippen LogP contribution in [0.3, 0.4) is 0 Å². The van der Waals surface area contributed by atoms with Gasteiger partial charge in [0.25, 0.3) is 0 Å². The van der Waals surface area contributed by atoms with Gasteiger partial charge in [-0.15, -0.1) is 0 Å². The van der Waals surface area contributed by atoms with Crippen molar-refractivity contribution in [1.82, 2.24) is 0 Å². The Balaban J connectivity index is 2.12. The van der Waals surface area contributed by atoms with Gasteiger partial charge >= 0.3 is 0 Å². The van der Waals surface area contributed by atoms with Crippen LogP contribution >= 0.6 is 0 Å². The summed E-state index contributed by atoms with van der Waals surface area (Å²) in [4.78, 5) is 0. The molecule has 0 saturated heterocycles. The Bertz CT molecular complexity index is 368. The molecule has 0 spiro atoms. The highest BCUT2D eigenvalue weighted by atomic mass is 16.3. The van der Waals surface area contributed by atoms with Gasteiger partial charge in [0.15, 0.2) is 0 Å². The molecule has 0 aliphatic heterocycles. The number of hydrogen-bond donors (Lipinski definition) is 1. The van der Waals surface area contributed by atoms with Gasteiger partial charge in [-0.05, 0) is 60.8 Å². The number of benzene rings is 1. The smallest absolute Gasteiger partial charge is 0.0792 e. The van der Waals surface area contributed by atoms with E-state index in [2.05, 4.69) is 12.1 Å². The normalized spacial score (nSPS) is 24.5. The summed E-state index contributed by atoms with van der Waals surface area (Å²) in [5.41, 5.74) is 5.66. The van der Waals surface area contributed by atoms with Crippen molar-refractivity contribution in [1.29, 1.82) is 0 Å². The second-order valence-corrected chi connectivity index (χ2v) is 4.58. The molecule has 2 aliphatic rings. The lowest BCUT2D eigenvalue weighted by Crippen LogP contribution is -2.10. The molecule has 0 unspecified atom stereocenters. The van der Waals surface area contributed by atoms with Gasteiger partial charge < -0.3 is 5.11 Å². The van der Waals surface area contributed by atoms with Crippen LogP contribution in [0.1, 0.15) is 47.6 Å². The van der Waals surface area contributed by atoms with E-state index in [4.69, 9.17) is 0 Å². The molecule has 14 heavy (non-hydrogen) atoms. The standard InChI is InChI=1S/C13H16O/c14-13-6-2-5-11-7-9-3-1-4-10(9)8-12(11)13/h7-8,13-14H,1-6H2/t13-/m0/s1. The van der Waals surface area contributed by atoms with Crippen molar-refractivity contribution in [3.63, 3.8) is 0 Å². The fraction of sp³-hybridized carbons (Fsp3) is 0.538. The molecule has 1 nitrogen and oxygen atoms in total. The van der Waals surface area contributed by atoms with Crippen molar-refractivity contribution in [2.75, 3.05) is 0 Å². The first-order valence-corrected chi connectivity index (χ1v) is 5.67. The summed E-state index contributed by atoms with van der Waals surface area (Å²) >= 11 is 0. The number of aliphatic hydroxyl groups is 1. The van der Waals surface area contributed by atoms with E-state index in [1.807, 2.05) is 0 Å². The number of aliphatic hydroxyl groups excluding tert-OH is 1. The van der Waals surface area contributed by atoms with E-state index < -0.39 is 0 Å². The molecule has 1 atom stereocenters. The van der Waals surface area contributed by atoms with E-state index >= 15 is 0 Å². The average Bonchev–Trinajstić information content (AvgIpc) is 2.62. The summed E-state index contributed by atoms with van der Waals surface area (Å²) in [5.74, 6) is 0. The van der Waals surface area contributed by atoms with Gasteiger partial charge in [0, 0.05) is 0 Å². The predicted molar refractivity (Wildman–Crippen MR) is 56.4 cm³/mol. The van der Waals surface area contributed by atoms with Gasteiger partial charge in [0.05, 0.1) is 6.10 Å². The highest BCUT2D eigenvalue weighted by Gasteiger charge is 2.21. The minimum atomic E-state index is -0.190. The Morgan fingerprint density at radius 1 is 0.929 bits per heavy atom. The van der Waals surface area contributed by atoms with Crippen LogP contribution in [-0.4, -0.2) is 5.11 Å². The van der Waals surface area contributed by atoms with E-state index in [1.54, 1.807) is 0 Å². The maximum absolute atomic E-state index is 9.89. The molecule has 0 fully saturated rings. The van der Waals surface area contributed by atoms with Gasteiger partial charge in [0.1, 0.15) is 0 Å². The molecule has 0 heterocycles. The fourth-order valence-corrected chi connectivity index (χ4v) is 2.86. The maximum atomic E-state index is 9.89. The number of rotatable bonds is 0. The Morgan fingerprint density at radius 3 is 2.50 bits per heavy atom. The highest BCUT2D eigenvalue weighted by molar-refractivity contribution is 5.42.